The number of carboxylic acid groups (broad SMARTS) is 1. The van der Waals surface area contributed by atoms with Crippen LogP contribution in [0.4, 0.5) is 0 Å². The number of aromatic nitrogens is 2. The van der Waals surface area contributed by atoms with Crippen molar-refractivity contribution in [1.29, 1.82) is 0 Å². The van der Waals surface area contributed by atoms with Crippen molar-refractivity contribution in [2.45, 2.75) is 44.7 Å². The molecule has 36 heavy (non-hydrogen) atoms. The standard InChI is InChI=1S/C26H32N4O4.2ClH/c1-28(2)17-7-9-30(10-8-17)14-18-11-16-12-20-15(13-21(16)29(18)3)5-4-6-19-23(20)27-25(32)22(24(19)31)26(33)34;;/h11-13,17H,4-10,14H2,1-3H3,(H,33,34)(H2,27,31,32);2*1H. The number of rotatable bonds is 4. The summed E-state index contributed by atoms with van der Waals surface area (Å²) in [5, 5.41) is 21.1. The number of nitrogens with one attached hydrogen (secondary N) is 1. The Balaban J connectivity index is 0.00000180. The van der Waals surface area contributed by atoms with Crippen LogP contribution in [0.15, 0.2) is 23.0 Å². The second kappa shape index (κ2) is 10.8. The van der Waals surface area contributed by atoms with Crippen molar-refractivity contribution in [2.24, 2.45) is 7.05 Å². The van der Waals surface area contributed by atoms with Crippen molar-refractivity contribution in [2.75, 3.05) is 27.2 Å². The fraction of sp³-hybridized carbons (Fsp3) is 0.462. The minimum absolute atomic E-state index is 0. The number of carboxylic acids is 1. The summed E-state index contributed by atoms with van der Waals surface area (Å²) in [7, 11) is 6.41. The van der Waals surface area contributed by atoms with Crippen molar-refractivity contribution in [3.8, 4) is 17.0 Å². The summed E-state index contributed by atoms with van der Waals surface area (Å²) in [6.07, 6.45) is 4.43. The second-order valence-electron chi connectivity index (χ2n) is 9.92. The van der Waals surface area contributed by atoms with Crippen LogP contribution in [-0.2, 0) is 26.4 Å². The average molecular weight is 537 g/mol. The number of aromatic carboxylic acids is 1. The largest absolute Gasteiger partial charge is 0.506 e. The zero-order valence-corrected chi connectivity index (χ0v) is 22.5. The summed E-state index contributed by atoms with van der Waals surface area (Å²) in [4.78, 5) is 31.6. The maximum atomic E-state index is 12.5. The summed E-state index contributed by atoms with van der Waals surface area (Å²) >= 11 is 0. The fourth-order valence-electron chi connectivity index (χ4n) is 5.66. The van der Waals surface area contributed by atoms with E-state index in [1.54, 1.807) is 0 Å². The number of benzene rings is 1. The average Bonchev–Trinajstić information content (AvgIpc) is 2.97. The number of likely N-dealkylation sites (tertiary alicyclic amines) is 1. The number of carbonyl (C=O) groups is 1. The van der Waals surface area contributed by atoms with E-state index in [-0.39, 0.29) is 24.8 Å². The van der Waals surface area contributed by atoms with Crippen molar-refractivity contribution in [3.05, 3.63) is 50.9 Å². The molecule has 196 valence electrons. The van der Waals surface area contributed by atoms with Crippen LogP contribution < -0.4 is 5.56 Å². The van der Waals surface area contributed by atoms with Crippen LogP contribution in [0.25, 0.3) is 22.2 Å². The molecular formula is C26H34Cl2N4O4. The third-order valence-corrected chi connectivity index (χ3v) is 7.69. The number of hydrogen-bond donors (Lipinski definition) is 3. The molecule has 0 bridgehead atoms. The van der Waals surface area contributed by atoms with E-state index >= 15 is 0 Å². The molecule has 10 heteroatoms. The number of halogens is 2. The Morgan fingerprint density at radius 2 is 1.83 bits per heavy atom. The molecule has 3 N–H and O–H groups in total. The van der Waals surface area contributed by atoms with Gasteiger partial charge in [0.1, 0.15) is 5.75 Å². The number of piperidine rings is 1. The van der Waals surface area contributed by atoms with Gasteiger partial charge in [0, 0.05) is 60.4 Å². The number of aromatic hydroxyl groups is 1. The van der Waals surface area contributed by atoms with E-state index in [2.05, 4.69) is 58.7 Å². The Bertz CT molecular complexity index is 1340. The third-order valence-electron chi connectivity index (χ3n) is 7.69. The van der Waals surface area contributed by atoms with Crippen LogP contribution in [0.5, 0.6) is 5.75 Å². The lowest BCUT2D eigenvalue weighted by Crippen LogP contribution is -2.41. The van der Waals surface area contributed by atoms with Crippen LogP contribution in [0.2, 0.25) is 0 Å². The molecule has 1 aliphatic carbocycles. The first-order chi connectivity index (χ1) is 16.2. The number of aromatic amines is 1. The van der Waals surface area contributed by atoms with Gasteiger partial charge in [-0.25, -0.2) is 4.79 Å². The Labute approximate surface area is 222 Å². The number of fused-ring (bicyclic) bond motifs is 4. The SMILES string of the molecule is CN(C)C1CCN(Cc2cc3cc4c(cc3n2C)CCCc2c-4[nH]c(=O)c(C(=O)O)c2O)CC1.Cl.Cl. The Kier molecular flexibility index (Phi) is 8.45. The lowest BCUT2D eigenvalue weighted by Gasteiger charge is -2.35. The Hall–Kier alpha value is -2.52. The molecule has 0 spiro atoms. The van der Waals surface area contributed by atoms with E-state index in [0.717, 1.165) is 54.5 Å². The van der Waals surface area contributed by atoms with Gasteiger partial charge in [-0.3, -0.25) is 9.69 Å². The molecule has 1 aromatic carbocycles. The van der Waals surface area contributed by atoms with Crippen LogP contribution in [0, 0.1) is 0 Å². The number of aryl methyl sites for hydroxylation is 2. The topological polar surface area (TPSA) is 102 Å². The van der Waals surface area contributed by atoms with E-state index < -0.39 is 22.8 Å². The number of pyridine rings is 1. The molecule has 1 aliphatic heterocycles. The Morgan fingerprint density at radius 1 is 1.14 bits per heavy atom. The van der Waals surface area contributed by atoms with Gasteiger partial charge in [0.2, 0.25) is 0 Å². The van der Waals surface area contributed by atoms with Gasteiger partial charge in [-0.2, -0.15) is 0 Å². The van der Waals surface area contributed by atoms with E-state index in [4.69, 9.17) is 0 Å². The molecule has 3 aromatic rings. The van der Waals surface area contributed by atoms with Crippen molar-refractivity contribution in [1.82, 2.24) is 19.4 Å². The maximum Gasteiger partial charge on any atom is 0.345 e. The minimum atomic E-state index is -1.41. The van der Waals surface area contributed by atoms with Gasteiger partial charge in [-0.05, 0) is 70.0 Å². The van der Waals surface area contributed by atoms with Crippen molar-refractivity contribution >= 4 is 41.7 Å². The summed E-state index contributed by atoms with van der Waals surface area (Å²) in [6, 6.07) is 7.12. The van der Waals surface area contributed by atoms with Crippen molar-refractivity contribution in [3.63, 3.8) is 0 Å². The molecule has 1 saturated heterocycles. The van der Waals surface area contributed by atoms with E-state index in [0.29, 0.717) is 23.7 Å². The zero-order valence-electron chi connectivity index (χ0n) is 20.8. The van der Waals surface area contributed by atoms with E-state index in [1.165, 1.54) is 18.5 Å². The van der Waals surface area contributed by atoms with Gasteiger partial charge in [0.15, 0.2) is 5.56 Å². The molecule has 0 unspecified atom stereocenters. The van der Waals surface area contributed by atoms with E-state index in [1.807, 2.05) is 0 Å². The predicted molar refractivity (Wildman–Crippen MR) is 146 cm³/mol. The first-order valence-electron chi connectivity index (χ1n) is 12.0. The third kappa shape index (κ3) is 4.87. The van der Waals surface area contributed by atoms with Crippen molar-refractivity contribution < 1.29 is 15.0 Å². The molecule has 0 amide bonds. The summed E-state index contributed by atoms with van der Waals surface area (Å²) in [6.45, 7) is 3.06. The first kappa shape index (κ1) is 28.1. The van der Waals surface area contributed by atoms with Crippen LogP contribution >= 0.6 is 24.8 Å². The quantitative estimate of drug-likeness (QED) is 0.468. The highest BCUT2D eigenvalue weighted by atomic mass is 35.5. The molecular weight excluding hydrogens is 503 g/mol. The summed E-state index contributed by atoms with van der Waals surface area (Å²) < 4.78 is 2.26. The molecule has 2 aliphatic rings. The number of hydrogen-bond acceptors (Lipinski definition) is 5. The number of nitrogens with zero attached hydrogens (tertiary/aromatic N) is 3. The molecule has 3 heterocycles. The van der Waals surface area contributed by atoms with Gasteiger partial charge in [0.05, 0.1) is 5.69 Å². The smallest absolute Gasteiger partial charge is 0.345 e. The van der Waals surface area contributed by atoms with E-state index in [9.17, 15) is 19.8 Å². The van der Waals surface area contributed by atoms with Crippen LogP contribution in [-0.4, -0.2) is 68.8 Å². The predicted octanol–water partition coefficient (Wildman–Crippen LogP) is 3.80. The second-order valence-corrected chi connectivity index (χ2v) is 9.92. The molecule has 0 atom stereocenters. The fourth-order valence-corrected chi connectivity index (χ4v) is 5.66. The number of H-pyrrole nitrogens is 1. The molecule has 8 nitrogen and oxygen atoms in total. The molecule has 0 saturated carbocycles. The maximum absolute atomic E-state index is 12.5. The van der Waals surface area contributed by atoms with Gasteiger partial charge < -0.3 is 24.7 Å². The van der Waals surface area contributed by atoms with Gasteiger partial charge in [-0.15, -0.1) is 24.8 Å². The Morgan fingerprint density at radius 3 is 2.47 bits per heavy atom. The van der Waals surface area contributed by atoms with Gasteiger partial charge in [-0.1, -0.05) is 0 Å². The lowest BCUT2D eigenvalue weighted by molar-refractivity contribution is 0.0691. The minimum Gasteiger partial charge on any atom is -0.506 e. The molecule has 5 rings (SSSR count). The highest BCUT2D eigenvalue weighted by Gasteiger charge is 2.26. The lowest BCUT2D eigenvalue weighted by atomic mass is 9.98. The molecule has 2 aromatic heterocycles. The monoisotopic (exact) mass is 536 g/mol. The molecule has 0 radical (unpaired) electrons. The van der Waals surface area contributed by atoms with Crippen LogP contribution in [0.1, 0.15) is 46.4 Å². The van der Waals surface area contributed by atoms with Gasteiger partial charge in [0.25, 0.3) is 5.56 Å². The normalized spacial score (nSPS) is 16.1. The summed E-state index contributed by atoms with van der Waals surface area (Å²) in [5.41, 5.74) is 4.06. The molecule has 1 fully saturated rings. The zero-order chi connectivity index (χ0) is 24.1. The van der Waals surface area contributed by atoms with Gasteiger partial charge >= 0.3 is 5.97 Å². The highest BCUT2D eigenvalue weighted by Crippen LogP contribution is 2.38. The first-order valence-corrected chi connectivity index (χ1v) is 12.0. The van der Waals surface area contributed by atoms with Crippen LogP contribution in [0.3, 0.4) is 0 Å². The highest BCUT2D eigenvalue weighted by molar-refractivity contribution is 5.93. The summed E-state index contributed by atoms with van der Waals surface area (Å²) in [5.74, 6) is -1.82.